The Morgan fingerprint density at radius 2 is 1.70 bits per heavy atom. The van der Waals surface area contributed by atoms with Crippen LogP contribution in [0.2, 0.25) is 0 Å². The van der Waals surface area contributed by atoms with Crippen LogP contribution in [0.15, 0.2) is 24.4 Å². The molecule has 2 heterocycles. The molecule has 1 fully saturated rings. The second kappa shape index (κ2) is 6.74. The van der Waals surface area contributed by atoms with Crippen LogP contribution in [-0.2, 0) is 18.8 Å². The van der Waals surface area contributed by atoms with Gasteiger partial charge in [-0.05, 0) is 19.2 Å². The zero-order valence-corrected chi connectivity index (χ0v) is 14.5. The first-order valence-electron chi connectivity index (χ1n) is 8.23. The Morgan fingerprint density at radius 3 is 2.26 bits per heavy atom. The van der Waals surface area contributed by atoms with Crippen LogP contribution in [0.5, 0.6) is 0 Å². The third-order valence-electron chi connectivity index (χ3n) is 4.59. The van der Waals surface area contributed by atoms with Gasteiger partial charge in [0.15, 0.2) is 0 Å². The topological polar surface area (TPSA) is 35.2 Å². The standard InChI is InChI=1S/C17H18F6N4/c1-10(27-5-3-26(2)4-6-27)7-14-24-13-9-11(16(18,19)20)8-12(15(13)25-14)17(21,22)23/h8-9H,1,3-7H2,2H3,(H,24,25). The van der Waals surface area contributed by atoms with E-state index >= 15 is 0 Å². The number of halogens is 6. The summed E-state index contributed by atoms with van der Waals surface area (Å²) < 4.78 is 78.5. The predicted molar refractivity (Wildman–Crippen MR) is 88.0 cm³/mol. The molecule has 0 aliphatic carbocycles. The average molecular weight is 392 g/mol. The lowest BCUT2D eigenvalue weighted by Gasteiger charge is -2.35. The Hall–Kier alpha value is -2.23. The number of aromatic nitrogens is 2. The first kappa shape index (κ1) is 19.5. The van der Waals surface area contributed by atoms with E-state index in [0.29, 0.717) is 11.8 Å². The molecule has 2 aromatic rings. The van der Waals surface area contributed by atoms with E-state index in [1.165, 1.54) is 0 Å². The first-order valence-corrected chi connectivity index (χ1v) is 8.23. The number of hydrogen-bond donors (Lipinski definition) is 1. The second-order valence-corrected chi connectivity index (χ2v) is 6.63. The highest BCUT2D eigenvalue weighted by molar-refractivity contribution is 5.80. The van der Waals surface area contributed by atoms with Crippen LogP contribution in [0.25, 0.3) is 11.0 Å². The minimum absolute atomic E-state index is 0.0994. The second-order valence-electron chi connectivity index (χ2n) is 6.63. The number of rotatable bonds is 3. The molecule has 1 aliphatic heterocycles. The molecule has 0 spiro atoms. The van der Waals surface area contributed by atoms with Gasteiger partial charge in [0.05, 0.1) is 16.6 Å². The van der Waals surface area contributed by atoms with E-state index in [2.05, 4.69) is 21.4 Å². The van der Waals surface area contributed by atoms with Crippen molar-refractivity contribution in [3.8, 4) is 0 Å². The normalized spacial score (nSPS) is 16.9. The van der Waals surface area contributed by atoms with Gasteiger partial charge in [-0.2, -0.15) is 26.3 Å². The largest absolute Gasteiger partial charge is 0.418 e. The lowest BCUT2D eigenvalue weighted by molar-refractivity contribution is -0.142. The summed E-state index contributed by atoms with van der Waals surface area (Å²) in [6, 6.07) is 0.752. The predicted octanol–water partition coefficient (Wildman–Crippen LogP) is 3.90. The van der Waals surface area contributed by atoms with Gasteiger partial charge in [-0.15, -0.1) is 0 Å². The van der Waals surface area contributed by atoms with Gasteiger partial charge >= 0.3 is 12.4 Å². The minimum atomic E-state index is -4.94. The Morgan fingerprint density at radius 1 is 1.07 bits per heavy atom. The molecule has 1 aliphatic rings. The van der Waals surface area contributed by atoms with Crippen molar-refractivity contribution in [1.29, 1.82) is 0 Å². The molecule has 0 unspecified atom stereocenters. The van der Waals surface area contributed by atoms with Crippen LogP contribution < -0.4 is 0 Å². The Labute approximate surface area is 151 Å². The lowest BCUT2D eigenvalue weighted by atomic mass is 10.1. The fraction of sp³-hybridized carbons (Fsp3) is 0.471. The van der Waals surface area contributed by atoms with Gasteiger partial charge in [0.2, 0.25) is 0 Å². The molecule has 1 N–H and O–H groups in total. The van der Waals surface area contributed by atoms with Gasteiger partial charge in [-0.25, -0.2) is 4.98 Å². The first-order chi connectivity index (χ1) is 12.4. The average Bonchev–Trinajstić information content (AvgIpc) is 2.94. The lowest BCUT2D eigenvalue weighted by Crippen LogP contribution is -2.43. The van der Waals surface area contributed by atoms with Crippen molar-refractivity contribution in [3.05, 3.63) is 41.4 Å². The van der Waals surface area contributed by atoms with Crippen molar-refractivity contribution >= 4 is 11.0 Å². The molecule has 0 bridgehead atoms. The van der Waals surface area contributed by atoms with Crippen LogP contribution >= 0.6 is 0 Å². The molecule has 3 rings (SSSR count). The van der Waals surface area contributed by atoms with Gasteiger partial charge in [-0.3, -0.25) is 0 Å². The van der Waals surface area contributed by atoms with Crippen LogP contribution in [0.4, 0.5) is 26.3 Å². The highest BCUT2D eigenvalue weighted by Crippen LogP contribution is 2.39. The van der Waals surface area contributed by atoms with E-state index in [4.69, 9.17) is 0 Å². The van der Waals surface area contributed by atoms with Gasteiger partial charge in [-0.1, -0.05) is 6.58 Å². The number of H-pyrrole nitrogens is 1. The molecule has 4 nitrogen and oxygen atoms in total. The maximum atomic E-state index is 13.2. The number of aromatic amines is 1. The van der Waals surface area contributed by atoms with Crippen molar-refractivity contribution in [2.45, 2.75) is 18.8 Å². The van der Waals surface area contributed by atoms with E-state index in [1.54, 1.807) is 0 Å². The molecule has 1 saturated heterocycles. The van der Waals surface area contributed by atoms with Crippen molar-refractivity contribution in [3.63, 3.8) is 0 Å². The summed E-state index contributed by atoms with van der Waals surface area (Å²) in [7, 11) is 1.98. The number of benzene rings is 1. The fourth-order valence-electron chi connectivity index (χ4n) is 3.06. The van der Waals surface area contributed by atoms with Crippen molar-refractivity contribution < 1.29 is 26.3 Å². The maximum absolute atomic E-state index is 13.2. The molecule has 0 atom stereocenters. The summed E-state index contributed by atoms with van der Waals surface area (Å²) in [6.45, 7) is 7.04. The highest BCUT2D eigenvalue weighted by atomic mass is 19.4. The number of alkyl halides is 6. The molecule has 0 saturated carbocycles. The van der Waals surface area contributed by atoms with E-state index in [9.17, 15) is 26.3 Å². The van der Waals surface area contributed by atoms with E-state index in [-0.39, 0.29) is 23.8 Å². The van der Waals surface area contributed by atoms with Crippen LogP contribution in [0.1, 0.15) is 17.0 Å². The number of likely N-dealkylation sites (N-methyl/N-ethyl adjacent to an activating group) is 1. The summed E-state index contributed by atoms with van der Waals surface area (Å²) >= 11 is 0. The minimum Gasteiger partial charge on any atom is -0.372 e. The van der Waals surface area contributed by atoms with Crippen molar-refractivity contribution in [2.24, 2.45) is 0 Å². The third kappa shape index (κ3) is 4.20. The zero-order valence-electron chi connectivity index (χ0n) is 14.5. The Bertz CT molecular complexity index is 843. The summed E-state index contributed by atoms with van der Waals surface area (Å²) in [6.07, 6.45) is -9.69. The molecule has 10 heteroatoms. The molecule has 148 valence electrons. The smallest absolute Gasteiger partial charge is 0.372 e. The molecule has 1 aromatic carbocycles. The third-order valence-corrected chi connectivity index (χ3v) is 4.59. The number of piperazine rings is 1. The van der Waals surface area contributed by atoms with E-state index in [1.807, 2.05) is 11.9 Å². The molecule has 0 radical (unpaired) electrons. The van der Waals surface area contributed by atoms with Crippen LogP contribution in [-0.4, -0.2) is 53.0 Å². The molecule has 27 heavy (non-hydrogen) atoms. The number of allylic oxidation sites excluding steroid dienone is 1. The summed E-state index contributed by atoms with van der Waals surface area (Å²) in [5.74, 6) is 0.152. The number of fused-ring (bicyclic) bond motifs is 1. The molecular weight excluding hydrogens is 374 g/mol. The van der Waals surface area contributed by atoms with Gasteiger partial charge < -0.3 is 14.8 Å². The highest BCUT2D eigenvalue weighted by Gasteiger charge is 2.39. The number of imidazole rings is 1. The SMILES string of the molecule is C=C(Cc1nc2c(C(F)(F)F)cc(C(F)(F)F)cc2[nH]1)N1CCN(C)CC1. The van der Waals surface area contributed by atoms with Crippen molar-refractivity contribution in [1.82, 2.24) is 19.8 Å². The summed E-state index contributed by atoms with van der Waals surface area (Å²) in [4.78, 5) is 10.6. The van der Waals surface area contributed by atoms with E-state index < -0.39 is 29.0 Å². The Balaban J connectivity index is 1.93. The number of nitrogens with one attached hydrogen (secondary N) is 1. The summed E-state index contributed by atoms with van der Waals surface area (Å²) in [5.41, 5.74) is -2.92. The number of nitrogens with zero attached hydrogens (tertiary/aromatic N) is 3. The molecule has 0 amide bonds. The summed E-state index contributed by atoms with van der Waals surface area (Å²) in [5, 5.41) is 0. The Kier molecular flexibility index (Phi) is 4.87. The zero-order chi connectivity index (χ0) is 20.0. The molecular formula is C17H18F6N4. The maximum Gasteiger partial charge on any atom is 0.418 e. The van der Waals surface area contributed by atoms with Gasteiger partial charge in [0.1, 0.15) is 11.3 Å². The van der Waals surface area contributed by atoms with Crippen molar-refractivity contribution in [2.75, 3.05) is 33.2 Å². The molecule has 1 aromatic heterocycles. The van der Waals surface area contributed by atoms with Gasteiger partial charge in [0, 0.05) is 38.3 Å². The quantitative estimate of drug-likeness (QED) is 0.805. The van der Waals surface area contributed by atoms with E-state index in [0.717, 1.165) is 26.2 Å². The number of hydrogen-bond acceptors (Lipinski definition) is 3. The van der Waals surface area contributed by atoms with Crippen LogP contribution in [0.3, 0.4) is 0 Å². The fourth-order valence-corrected chi connectivity index (χ4v) is 3.06. The van der Waals surface area contributed by atoms with Gasteiger partial charge in [0.25, 0.3) is 0 Å². The monoisotopic (exact) mass is 392 g/mol. The van der Waals surface area contributed by atoms with Crippen LogP contribution in [0, 0.1) is 0 Å².